The van der Waals surface area contributed by atoms with Crippen LogP contribution in [0.1, 0.15) is 18.2 Å². The van der Waals surface area contributed by atoms with Crippen LogP contribution in [0.15, 0.2) is 59.8 Å². The molecule has 3 amide bonds. The van der Waals surface area contributed by atoms with Crippen LogP contribution >= 0.6 is 11.8 Å². The van der Waals surface area contributed by atoms with Crippen molar-refractivity contribution in [2.75, 3.05) is 16.4 Å². The molecule has 0 radical (unpaired) electrons. The molecule has 3 rings (SSSR count). The van der Waals surface area contributed by atoms with E-state index in [-0.39, 0.29) is 16.7 Å². The Balaban J connectivity index is 1.63. The Kier molecular flexibility index (Phi) is 8.05. The minimum Gasteiger partial charge on any atom is -0.340 e. The molecule has 0 unspecified atom stereocenters. The molecule has 178 valence electrons. The Morgan fingerprint density at radius 3 is 2.38 bits per heavy atom. The van der Waals surface area contributed by atoms with Gasteiger partial charge in [-0.3, -0.25) is 10.1 Å². The van der Waals surface area contributed by atoms with Crippen LogP contribution in [0.4, 0.5) is 39.5 Å². The molecule has 0 spiro atoms. The number of hydrogen-bond acceptors (Lipinski definition) is 6. The van der Waals surface area contributed by atoms with Crippen molar-refractivity contribution < 1.29 is 27.2 Å². The Morgan fingerprint density at radius 1 is 1.00 bits per heavy atom. The van der Waals surface area contributed by atoms with Crippen molar-refractivity contribution in [2.45, 2.75) is 24.7 Å². The minimum absolute atomic E-state index is 0.184. The normalized spacial score (nSPS) is 11.1. The van der Waals surface area contributed by atoms with E-state index in [0.29, 0.717) is 23.5 Å². The molecular formula is C22H19F4N5O2S. The number of urea groups is 1. The summed E-state index contributed by atoms with van der Waals surface area (Å²) in [5.74, 6) is -1.98. The summed E-state index contributed by atoms with van der Waals surface area (Å²) in [6, 6.07) is 12.0. The van der Waals surface area contributed by atoms with Crippen LogP contribution in [0, 0.1) is 5.82 Å². The number of halogens is 4. The number of nitrogens with one attached hydrogen (secondary N) is 3. The van der Waals surface area contributed by atoms with Crippen molar-refractivity contribution in [3.8, 4) is 0 Å². The fraction of sp³-hybridized carbons (Fsp3) is 0.182. The molecule has 0 saturated heterocycles. The summed E-state index contributed by atoms with van der Waals surface area (Å²) >= 11 is 0.612. The van der Waals surface area contributed by atoms with Crippen molar-refractivity contribution in [2.24, 2.45) is 0 Å². The third-order valence-electron chi connectivity index (χ3n) is 4.30. The lowest BCUT2D eigenvalue weighted by Gasteiger charge is -2.12. The van der Waals surface area contributed by atoms with Gasteiger partial charge in [-0.05, 0) is 42.3 Å². The maximum atomic E-state index is 13.4. The predicted octanol–water partition coefficient (Wildman–Crippen LogP) is 5.38. The average Bonchev–Trinajstić information content (AvgIpc) is 2.77. The van der Waals surface area contributed by atoms with Crippen molar-refractivity contribution in [3.05, 3.63) is 71.7 Å². The summed E-state index contributed by atoms with van der Waals surface area (Å²) in [6.07, 6.45) is -3.94. The number of anilines is 3. The quantitative estimate of drug-likeness (QED) is 0.232. The smallest absolute Gasteiger partial charge is 0.340 e. The van der Waals surface area contributed by atoms with Gasteiger partial charge in [0, 0.05) is 17.4 Å². The number of rotatable bonds is 7. The second kappa shape index (κ2) is 11.0. The molecule has 3 aromatic rings. The van der Waals surface area contributed by atoms with Gasteiger partial charge in [-0.15, -0.1) is 0 Å². The van der Waals surface area contributed by atoms with Gasteiger partial charge in [0.15, 0.2) is 10.9 Å². The number of thioether (sulfide) groups is 1. The van der Waals surface area contributed by atoms with Crippen LogP contribution in [0.3, 0.4) is 0 Å². The molecule has 12 heteroatoms. The molecule has 1 aromatic heterocycles. The van der Waals surface area contributed by atoms with E-state index in [1.54, 1.807) is 12.1 Å². The highest BCUT2D eigenvalue weighted by molar-refractivity contribution is 7.99. The fourth-order valence-electron chi connectivity index (χ4n) is 2.69. The standard InChI is InChI=1S/C22H19F4N5O2S/c1-2-13-6-8-15(9-7-13)28-20(33)31-19(32)12-34-21-29-17(22(24,25)26)11-18(30-21)27-16-5-3-4-14(23)10-16/h3-11H,2,12H2,1H3,(H,27,29,30)(H2,28,31,32,33). The lowest BCUT2D eigenvalue weighted by atomic mass is 10.1. The van der Waals surface area contributed by atoms with Crippen LogP contribution < -0.4 is 16.0 Å². The van der Waals surface area contributed by atoms with Crippen LogP contribution in [0.25, 0.3) is 0 Å². The van der Waals surface area contributed by atoms with Crippen molar-refractivity contribution in [1.82, 2.24) is 15.3 Å². The summed E-state index contributed by atoms with van der Waals surface area (Å²) in [5, 5.41) is 6.82. The van der Waals surface area contributed by atoms with Gasteiger partial charge in [-0.2, -0.15) is 13.2 Å². The molecule has 0 saturated carbocycles. The van der Waals surface area contributed by atoms with E-state index in [4.69, 9.17) is 0 Å². The number of carbonyl (C=O) groups excluding carboxylic acids is 2. The predicted molar refractivity (Wildman–Crippen MR) is 120 cm³/mol. The maximum absolute atomic E-state index is 13.4. The van der Waals surface area contributed by atoms with Crippen molar-refractivity contribution >= 4 is 40.9 Å². The zero-order valence-electron chi connectivity index (χ0n) is 17.7. The van der Waals surface area contributed by atoms with Gasteiger partial charge in [0.05, 0.1) is 5.75 Å². The Morgan fingerprint density at radius 2 is 1.74 bits per heavy atom. The molecule has 0 aliphatic rings. The van der Waals surface area contributed by atoms with E-state index in [1.807, 2.05) is 19.1 Å². The molecule has 34 heavy (non-hydrogen) atoms. The molecule has 3 N–H and O–H groups in total. The molecule has 0 aliphatic carbocycles. The maximum Gasteiger partial charge on any atom is 0.433 e. The number of benzene rings is 2. The van der Waals surface area contributed by atoms with E-state index in [0.717, 1.165) is 18.1 Å². The zero-order valence-corrected chi connectivity index (χ0v) is 18.6. The van der Waals surface area contributed by atoms with Gasteiger partial charge in [0.1, 0.15) is 11.6 Å². The van der Waals surface area contributed by atoms with E-state index in [2.05, 4.69) is 25.9 Å². The Bertz CT molecular complexity index is 1170. The van der Waals surface area contributed by atoms with Crippen LogP contribution in [-0.4, -0.2) is 27.7 Å². The second-order valence-electron chi connectivity index (χ2n) is 6.90. The molecule has 0 fully saturated rings. The van der Waals surface area contributed by atoms with Gasteiger partial charge in [-0.1, -0.05) is 36.9 Å². The number of carbonyl (C=O) groups is 2. The topological polar surface area (TPSA) is 96.0 Å². The first kappa shape index (κ1) is 25.0. The zero-order chi connectivity index (χ0) is 24.7. The molecule has 0 aliphatic heterocycles. The van der Waals surface area contributed by atoms with Crippen LogP contribution in [0.5, 0.6) is 0 Å². The highest BCUT2D eigenvalue weighted by atomic mass is 32.2. The molecule has 0 atom stereocenters. The van der Waals surface area contributed by atoms with E-state index < -0.39 is 35.4 Å². The van der Waals surface area contributed by atoms with Gasteiger partial charge in [0.2, 0.25) is 5.91 Å². The summed E-state index contributed by atoms with van der Waals surface area (Å²) in [5.41, 5.74) is 0.497. The Hall–Kier alpha value is -3.67. The molecule has 7 nitrogen and oxygen atoms in total. The van der Waals surface area contributed by atoms with E-state index in [1.165, 1.54) is 18.2 Å². The van der Waals surface area contributed by atoms with Crippen LogP contribution in [-0.2, 0) is 17.4 Å². The third kappa shape index (κ3) is 7.44. The van der Waals surface area contributed by atoms with Crippen molar-refractivity contribution in [3.63, 3.8) is 0 Å². The highest BCUT2D eigenvalue weighted by Gasteiger charge is 2.34. The third-order valence-corrected chi connectivity index (χ3v) is 5.15. The number of hydrogen-bond donors (Lipinski definition) is 3. The molecule has 0 bridgehead atoms. The number of alkyl halides is 3. The van der Waals surface area contributed by atoms with Gasteiger partial charge < -0.3 is 10.6 Å². The van der Waals surface area contributed by atoms with Crippen LogP contribution in [0.2, 0.25) is 0 Å². The molecular weight excluding hydrogens is 474 g/mol. The lowest BCUT2D eigenvalue weighted by molar-refractivity contribution is -0.141. The number of aryl methyl sites for hydroxylation is 1. The molecule has 2 aromatic carbocycles. The summed E-state index contributed by atoms with van der Waals surface area (Å²) in [4.78, 5) is 31.4. The van der Waals surface area contributed by atoms with Crippen molar-refractivity contribution in [1.29, 1.82) is 0 Å². The highest BCUT2D eigenvalue weighted by Crippen LogP contribution is 2.31. The Labute approximate surface area is 196 Å². The van der Waals surface area contributed by atoms with Gasteiger partial charge in [-0.25, -0.2) is 19.2 Å². The largest absolute Gasteiger partial charge is 0.433 e. The lowest BCUT2D eigenvalue weighted by Crippen LogP contribution is -2.35. The first-order chi connectivity index (χ1) is 16.1. The SMILES string of the molecule is CCc1ccc(NC(=O)NC(=O)CSc2nc(Nc3cccc(F)c3)cc(C(F)(F)F)n2)cc1. The number of amides is 3. The van der Waals surface area contributed by atoms with E-state index in [9.17, 15) is 27.2 Å². The fourth-order valence-corrected chi connectivity index (χ4v) is 3.35. The van der Waals surface area contributed by atoms with Gasteiger partial charge >= 0.3 is 12.2 Å². The number of aromatic nitrogens is 2. The number of imide groups is 1. The average molecular weight is 493 g/mol. The second-order valence-corrected chi connectivity index (χ2v) is 7.84. The number of nitrogens with zero attached hydrogens (tertiary/aromatic N) is 2. The van der Waals surface area contributed by atoms with E-state index >= 15 is 0 Å². The first-order valence-corrected chi connectivity index (χ1v) is 10.9. The van der Waals surface area contributed by atoms with Gasteiger partial charge in [0.25, 0.3) is 0 Å². The monoisotopic (exact) mass is 493 g/mol. The minimum atomic E-state index is -4.77. The first-order valence-electron chi connectivity index (χ1n) is 9.94. The summed E-state index contributed by atoms with van der Waals surface area (Å²) in [6.45, 7) is 1.99. The summed E-state index contributed by atoms with van der Waals surface area (Å²) < 4.78 is 53.1. The molecule has 1 heterocycles. The summed E-state index contributed by atoms with van der Waals surface area (Å²) in [7, 11) is 0.